The summed E-state index contributed by atoms with van der Waals surface area (Å²) in [5, 5.41) is 3.44. The van der Waals surface area contributed by atoms with Crippen LogP contribution >= 0.6 is 0 Å². The molecule has 3 rings (SSSR count). The van der Waals surface area contributed by atoms with Gasteiger partial charge in [-0.2, -0.15) is 0 Å². The summed E-state index contributed by atoms with van der Waals surface area (Å²) in [4.78, 5) is 10.5. The Balaban J connectivity index is 1.54. The number of nitrogens with zero attached hydrogens (tertiary/aromatic N) is 3. The van der Waals surface area contributed by atoms with E-state index in [9.17, 15) is 0 Å². The van der Waals surface area contributed by atoms with Crippen LogP contribution in [-0.2, 0) is 11.3 Å². The fourth-order valence-corrected chi connectivity index (χ4v) is 2.85. The van der Waals surface area contributed by atoms with E-state index in [0.29, 0.717) is 5.95 Å². The molecule has 19 heavy (non-hydrogen) atoms. The Hall–Kier alpha value is -1.24. The van der Waals surface area contributed by atoms with Gasteiger partial charge in [0.05, 0.1) is 12.2 Å². The van der Waals surface area contributed by atoms with Crippen molar-refractivity contribution in [2.24, 2.45) is 0 Å². The van der Waals surface area contributed by atoms with E-state index >= 15 is 0 Å². The van der Waals surface area contributed by atoms with Crippen LogP contribution in [0.2, 0.25) is 0 Å². The first-order valence-electron chi connectivity index (χ1n) is 6.89. The number of piperidine rings is 1. The van der Waals surface area contributed by atoms with Crippen LogP contribution in [0.15, 0.2) is 12.4 Å². The molecule has 0 saturated carbocycles. The molecule has 1 aromatic rings. The highest BCUT2D eigenvalue weighted by Crippen LogP contribution is 2.27. The van der Waals surface area contributed by atoms with Crippen molar-refractivity contribution in [3.63, 3.8) is 0 Å². The SMILES string of the molecule is Nc1ncc(CN2CCC3(CC2)CNCCO3)cn1. The molecule has 104 valence electrons. The topological polar surface area (TPSA) is 76.3 Å². The molecule has 3 N–H and O–H groups in total. The standard InChI is InChI=1S/C13H21N5O/c14-12-16-7-11(8-17-12)9-18-4-1-13(2-5-18)10-15-3-6-19-13/h7-8,15H,1-6,9-10H2,(H2,14,16,17). The fraction of sp³-hybridized carbons (Fsp3) is 0.692. The summed E-state index contributed by atoms with van der Waals surface area (Å²) in [5.74, 6) is 0.336. The van der Waals surface area contributed by atoms with E-state index in [1.165, 1.54) is 0 Å². The Morgan fingerprint density at radius 3 is 2.68 bits per heavy atom. The maximum Gasteiger partial charge on any atom is 0.219 e. The van der Waals surface area contributed by atoms with E-state index in [-0.39, 0.29) is 5.60 Å². The number of nitrogens with two attached hydrogens (primary N) is 1. The van der Waals surface area contributed by atoms with Crippen molar-refractivity contribution < 1.29 is 4.74 Å². The van der Waals surface area contributed by atoms with Gasteiger partial charge >= 0.3 is 0 Å². The maximum absolute atomic E-state index is 5.99. The molecule has 6 heteroatoms. The second-order valence-electron chi connectivity index (χ2n) is 5.43. The van der Waals surface area contributed by atoms with E-state index in [0.717, 1.165) is 57.7 Å². The number of aromatic nitrogens is 2. The summed E-state index contributed by atoms with van der Waals surface area (Å²) in [6.07, 6.45) is 5.81. The van der Waals surface area contributed by atoms with Crippen molar-refractivity contribution in [2.75, 3.05) is 38.5 Å². The lowest BCUT2D eigenvalue weighted by atomic mass is 9.90. The minimum absolute atomic E-state index is 0.0758. The van der Waals surface area contributed by atoms with Gasteiger partial charge in [0.2, 0.25) is 5.95 Å². The number of anilines is 1. The van der Waals surface area contributed by atoms with Crippen molar-refractivity contribution in [1.82, 2.24) is 20.2 Å². The zero-order chi connectivity index (χ0) is 13.1. The van der Waals surface area contributed by atoms with Crippen molar-refractivity contribution >= 4 is 5.95 Å². The summed E-state index contributed by atoms with van der Waals surface area (Å²) in [6, 6.07) is 0. The van der Waals surface area contributed by atoms with E-state index in [4.69, 9.17) is 10.5 Å². The number of likely N-dealkylation sites (tertiary alicyclic amines) is 1. The summed E-state index contributed by atoms with van der Waals surface area (Å²) < 4.78 is 5.99. The van der Waals surface area contributed by atoms with Gasteiger partial charge in [-0.3, -0.25) is 4.90 Å². The minimum atomic E-state index is 0.0758. The molecule has 0 unspecified atom stereocenters. The molecule has 6 nitrogen and oxygen atoms in total. The molecule has 0 amide bonds. The molecule has 3 heterocycles. The quantitative estimate of drug-likeness (QED) is 0.783. The van der Waals surface area contributed by atoms with Crippen molar-refractivity contribution in [3.05, 3.63) is 18.0 Å². The second-order valence-corrected chi connectivity index (χ2v) is 5.43. The average molecular weight is 263 g/mol. The van der Waals surface area contributed by atoms with Crippen LogP contribution in [0.25, 0.3) is 0 Å². The normalized spacial score (nSPS) is 23.6. The molecule has 0 bridgehead atoms. The van der Waals surface area contributed by atoms with Gasteiger partial charge < -0.3 is 15.8 Å². The number of hydrogen-bond donors (Lipinski definition) is 2. The Kier molecular flexibility index (Phi) is 3.63. The Labute approximate surface area is 113 Å². The summed E-state index contributed by atoms with van der Waals surface area (Å²) in [6.45, 7) is 5.83. The Morgan fingerprint density at radius 2 is 2.05 bits per heavy atom. The smallest absolute Gasteiger partial charge is 0.219 e. The van der Waals surface area contributed by atoms with Crippen molar-refractivity contribution in [1.29, 1.82) is 0 Å². The molecule has 0 aromatic carbocycles. The monoisotopic (exact) mass is 263 g/mol. The van der Waals surface area contributed by atoms with Crippen LogP contribution in [0.3, 0.4) is 0 Å². The average Bonchev–Trinajstić information content (AvgIpc) is 2.45. The molecule has 2 aliphatic rings. The predicted molar refractivity (Wildman–Crippen MR) is 72.5 cm³/mol. The molecular formula is C13H21N5O. The summed E-state index contributed by atoms with van der Waals surface area (Å²) in [5.41, 5.74) is 6.69. The Morgan fingerprint density at radius 1 is 1.32 bits per heavy atom. The third kappa shape index (κ3) is 3.02. The molecule has 2 aliphatic heterocycles. The van der Waals surface area contributed by atoms with Crippen LogP contribution in [0.4, 0.5) is 5.95 Å². The van der Waals surface area contributed by atoms with Crippen molar-refractivity contribution in [3.8, 4) is 0 Å². The second kappa shape index (κ2) is 5.40. The number of morpholine rings is 1. The minimum Gasteiger partial charge on any atom is -0.372 e. The highest BCUT2D eigenvalue weighted by Gasteiger charge is 2.36. The van der Waals surface area contributed by atoms with Gasteiger partial charge in [0.15, 0.2) is 0 Å². The number of nitrogens with one attached hydrogen (secondary N) is 1. The maximum atomic E-state index is 5.99. The lowest BCUT2D eigenvalue weighted by Crippen LogP contribution is -2.55. The van der Waals surface area contributed by atoms with Crippen LogP contribution < -0.4 is 11.1 Å². The fourth-order valence-electron chi connectivity index (χ4n) is 2.85. The van der Waals surface area contributed by atoms with Gasteiger partial charge in [-0.15, -0.1) is 0 Å². The zero-order valence-corrected chi connectivity index (χ0v) is 11.1. The number of rotatable bonds is 2. The first-order valence-corrected chi connectivity index (χ1v) is 6.89. The van der Waals surface area contributed by atoms with Gasteiger partial charge in [0.1, 0.15) is 0 Å². The lowest BCUT2D eigenvalue weighted by Gasteiger charge is -2.44. The number of hydrogen-bond acceptors (Lipinski definition) is 6. The molecule has 2 fully saturated rings. The third-order valence-electron chi connectivity index (χ3n) is 4.03. The van der Waals surface area contributed by atoms with Crippen LogP contribution in [0.5, 0.6) is 0 Å². The molecule has 1 spiro atoms. The van der Waals surface area contributed by atoms with Crippen molar-refractivity contribution in [2.45, 2.75) is 25.0 Å². The number of nitrogen functional groups attached to an aromatic ring is 1. The first-order chi connectivity index (χ1) is 9.26. The molecular weight excluding hydrogens is 242 g/mol. The van der Waals surface area contributed by atoms with Gasteiger partial charge in [-0.1, -0.05) is 0 Å². The zero-order valence-electron chi connectivity index (χ0n) is 11.1. The van der Waals surface area contributed by atoms with Crippen LogP contribution in [0, 0.1) is 0 Å². The number of ether oxygens (including phenoxy) is 1. The van der Waals surface area contributed by atoms with Gasteiger partial charge in [-0.05, 0) is 12.8 Å². The van der Waals surface area contributed by atoms with Gasteiger partial charge in [-0.25, -0.2) is 9.97 Å². The van der Waals surface area contributed by atoms with E-state index < -0.39 is 0 Å². The molecule has 0 radical (unpaired) electrons. The highest BCUT2D eigenvalue weighted by molar-refractivity contribution is 5.17. The van der Waals surface area contributed by atoms with E-state index in [1.54, 1.807) is 0 Å². The van der Waals surface area contributed by atoms with Crippen LogP contribution in [-0.4, -0.2) is 53.3 Å². The first kappa shape index (κ1) is 12.8. The van der Waals surface area contributed by atoms with Gasteiger partial charge in [0.25, 0.3) is 0 Å². The van der Waals surface area contributed by atoms with E-state index in [1.807, 2.05) is 12.4 Å². The molecule has 2 saturated heterocycles. The molecule has 1 aromatic heterocycles. The molecule has 0 aliphatic carbocycles. The largest absolute Gasteiger partial charge is 0.372 e. The summed E-state index contributed by atoms with van der Waals surface area (Å²) >= 11 is 0. The third-order valence-corrected chi connectivity index (χ3v) is 4.03. The van der Waals surface area contributed by atoms with Crippen LogP contribution in [0.1, 0.15) is 18.4 Å². The van der Waals surface area contributed by atoms with E-state index in [2.05, 4.69) is 20.2 Å². The molecule has 0 atom stereocenters. The lowest BCUT2D eigenvalue weighted by molar-refractivity contribution is -0.100. The predicted octanol–water partition coefficient (Wildman–Crippen LogP) is 0.0132. The summed E-state index contributed by atoms with van der Waals surface area (Å²) in [7, 11) is 0. The highest BCUT2D eigenvalue weighted by atomic mass is 16.5. The van der Waals surface area contributed by atoms with Gasteiger partial charge in [0, 0.05) is 50.7 Å². The Bertz CT molecular complexity index is 406.